The molecule has 2 heterocycles. The molecule has 0 saturated heterocycles. The van der Waals surface area contributed by atoms with Gasteiger partial charge in [-0.2, -0.15) is 14.6 Å². The number of nitriles is 1. The van der Waals surface area contributed by atoms with Crippen LogP contribution in [0, 0.1) is 27.4 Å². The molecule has 2 rings (SSSR count). The number of hydrogen-bond donors (Lipinski definition) is 0. The van der Waals surface area contributed by atoms with Gasteiger partial charge in [0.1, 0.15) is 0 Å². The van der Waals surface area contributed by atoms with Crippen molar-refractivity contribution in [1.29, 1.82) is 5.26 Å². The van der Waals surface area contributed by atoms with Gasteiger partial charge in [-0.05, 0) is 24.8 Å². The van der Waals surface area contributed by atoms with Crippen molar-refractivity contribution < 1.29 is 4.92 Å². The van der Waals surface area contributed by atoms with E-state index >= 15 is 0 Å². The molecule has 2 aromatic heterocycles. The highest BCUT2D eigenvalue weighted by atomic mass is 16.6. The molecule has 0 aromatic carbocycles. The van der Waals surface area contributed by atoms with E-state index in [-0.39, 0.29) is 11.7 Å². The highest BCUT2D eigenvalue weighted by Crippen LogP contribution is 2.29. The summed E-state index contributed by atoms with van der Waals surface area (Å²) in [6.45, 7) is 4.64. The van der Waals surface area contributed by atoms with Gasteiger partial charge in [-0.3, -0.25) is 0 Å². The minimum atomic E-state index is -0.435. The zero-order chi connectivity index (χ0) is 14.7. The number of nitro groups is 1. The first kappa shape index (κ1) is 13.8. The van der Waals surface area contributed by atoms with Gasteiger partial charge in [-0.15, -0.1) is 0 Å². The SMILES string of the molecule is CCN(C[C@@H](C)C#N)c1nc2ccccn2c1[N+](=O)[O-]. The van der Waals surface area contributed by atoms with E-state index < -0.39 is 4.92 Å². The number of aromatic nitrogens is 2. The minimum absolute atomic E-state index is 0.0624. The van der Waals surface area contributed by atoms with Crippen LogP contribution in [-0.4, -0.2) is 27.4 Å². The Hall–Kier alpha value is -2.62. The number of anilines is 1. The lowest BCUT2D eigenvalue weighted by atomic mass is 10.2. The van der Waals surface area contributed by atoms with Gasteiger partial charge in [0.15, 0.2) is 0 Å². The van der Waals surface area contributed by atoms with Gasteiger partial charge in [-0.25, -0.2) is 0 Å². The lowest BCUT2D eigenvalue weighted by Crippen LogP contribution is -2.28. The summed E-state index contributed by atoms with van der Waals surface area (Å²) in [7, 11) is 0. The zero-order valence-electron chi connectivity index (χ0n) is 11.4. The van der Waals surface area contributed by atoms with Gasteiger partial charge in [0.25, 0.3) is 0 Å². The van der Waals surface area contributed by atoms with E-state index in [1.165, 1.54) is 4.40 Å². The van der Waals surface area contributed by atoms with Crippen molar-refractivity contribution in [1.82, 2.24) is 9.38 Å². The number of hydrogen-bond acceptors (Lipinski definition) is 5. The first-order valence-electron chi connectivity index (χ1n) is 6.34. The molecule has 104 valence electrons. The average molecular weight is 273 g/mol. The molecule has 0 aliphatic rings. The summed E-state index contributed by atoms with van der Waals surface area (Å²) in [6, 6.07) is 7.36. The van der Waals surface area contributed by atoms with Gasteiger partial charge >= 0.3 is 5.82 Å². The summed E-state index contributed by atoms with van der Waals surface area (Å²) in [5.74, 6) is 0.0257. The Kier molecular flexibility index (Phi) is 3.84. The molecule has 0 aliphatic carbocycles. The zero-order valence-corrected chi connectivity index (χ0v) is 11.4. The Balaban J connectivity index is 2.54. The Morgan fingerprint density at radius 3 is 2.95 bits per heavy atom. The molecular weight excluding hydrogens is 258 g/mol. The summed E-state index contributed by atoms with van der Waals surface area (Å²) in [5.41, 5.74) is 0.525. The van der Waals surface area contributed by atoms with Crippen molar-refractivity contribution in [2.75, 3.05) is 18.0 Å². The highest BCUT2D eigenvalue weighted by Gasteiger charge is 2.26. The van der Waals surface area contributed by atoms with Crippen LogP contribution >= 0.6 is 0 Å². The van der Waals surface area contributed by atoms with Gasteiger partial charge < -0.3 is 15.0 Å². The summed E-state index contributed by atoms with van der Waals surface area (Å²) < 4.78 is 1.45. The first-order chi connectivity index (χ1) is 9.58. The predicted molar refractivity (Wildman–Crippen MR) is 74.5 cm³/mol. The maximum absolute atomic E-state index is 11.3. The molecule has 0 bridgehead atoms. The molecule has 0 N–H and O–H groups in total. The average Bonchev–Trinajstić information content (AvgIpc) is 2.83. The van der Waals surface area contributed by atoms with Crippen molar-refractivity contribution in [2.24, 2.45) is 5.92 Å². The number of imidazole rings is 1. The molecule has 0 amide bonds. The van der Waals surface area contributed by atoms with Crippen molar-refractivity contribution >= 4 is 17.3 Å². The molecule has 20 heavy (non-hydrogen) atoms. The smallest absolute Gasteiger partial charge is 0.358 e. The standard InChI is InChI=1S/C13H15N5O2/c1-3-16(9-10(2)8-14)12-13(18(19)20)17-7-5-4-6-11(17)15-12/h4-7,10H,3,9H2,1-2H3/t10-/m0/s1. The Labute approximate surface area is 116 Å². The van der Waals surface area contributed by atoms with Crippen LogP contribution in [0.4, 0.5) is 11.6 Å². The number of rotatable bonds is 5. The fourth-order valence-corrected chi connectivity index (χ4v) is 2.09. The van der Waals surface area contributed by atoms with Gasteiger partial charge in [-0.1, -0.05) is 6.07 Å². The number of pyridine rings is 1. The van der Waals surface area contributed by atoms with E-state index in [9.17, 15) is 10.1 Å². The molecule has 1 atom stereocenters. The van der Waals surface area contributed by atoms with Crippen LogP contribution in [0.3, 0.4) is 0 Å². The second-order valence-electron chi connectivity index (χ2n) is 4.51. The third kappa shape index (κ3) is 2.40. The van der Waals surface area contributed by atoms with E-state index in [4.69, 9.17) is 5.26 Å². The molecule has 2 aromatic rings. The monoisotopic (exact) mass is 273 g/mol. The van der Waals surface area contributed by atoms with E-state index in [1.54, 1.807) is 36.2 Å². The quantitative estimate of drug-likeness (QED) is 0.615. The maximum atomic E-state index is 11.3. The third-order valence-corrected chi connectivity index (χ3v) is 3.06. The van der Waals surface area contributed by atoms with Crippen LogP contribution in [0.5, 0.6) is 0 Å². The van der Waals surface area contributed by atoms with Crippen molar-refractivity contribution in [2.45, 2.75) is 13.8 Å². The molecule has 0 aliphatic heterocycles. The fraction of sp³-hybridized carbons (Fsp3) is 0.385. The molecule has 7 nitrogen and oxygen atoms in total. The van der Waals surface area contributed by atoms with Crippen LogP contribution in [-0.2, 0) is 0 Å². The molecule has 0 radical (unpaired) electrons. The topological polar surface area (TPSA) is 87.5 Å². The van der Waals surface area contributed by atoms with Crippen molar-refractivity contribution in [3.05, 3.63) is 34.5 Å². The Bertz CT molecular complexity index is 673. The van der Waals surface area contributed by atoms with Gasteiger partial charge in [0, 0.05) is 19.2 Å². The Morgan fingerprint density at radius 2 is 2.35 bits per heavy atom. The van der Waals surface area contributed by atoms with E-state index in [2.05, 4.69) is 11.1 Å². The molecule has 0 fully saturated rings. The normalized spacial score (nSPS) is 12.1. The molecule has 0 spiro atoms. The molecule has 0 unspecified atom stereocenters. The second kappa shape index (κ2) is 5.57. The maximum Gasteiger partial charge on any atom is 0.372 e. The fourth-order valence-electron chi connectivity index (χ4n) is 2.09. The van der Waals surface area contributed by atoms with Crippen LogP contribution in [0.1, 0.15) is 13.8 Å². The van der Waals surface area contributed by atoms with Crippen molar-refractivity contribution in [3.63, 3.8) is 0 Å². The summed E-state index contributed by atoms with van der Waals surface area (Å²) >= 11 is 0. The largest absolute Gasteiger partial charge is 0.372 e. The lowest BCUT2D eigenvalue weighted by molar-refractivity contribution is -0.389. The van der Waals surface area contributed by atoms with Crippen LogP contribution < -0.4 is 4.90 Å². The summed E-state index contributed by atoms with van der Waals surface area (Å²) in [6.07, 6.45) is 1.62. The van der Waals surface area contributed by atoms with Gasteiger partial charge in [0.05, 0.1) is 18.2 Å². The lowest BCUT2D eigenvalue weighted by Gasteiger charge is -2.20. The molecule has 7 heteroatoms. The number of nitrogens with zero attached hydrogens (tertiary/aromatic N) is 5. The van der Waals surface area contributed by atoms with Crippen molar-refractivity contribution in [3.8, 4) is 6.07 Å². The predicted octanol–water partition coefficient (Wildman–Crippen LogP) is 2.23. The van der Waals surface area contributed by atoms with E-state index in [1.807, 2.05) is 6.92 Å². The highest BCUT2D eigenvalue weighted by molar-refractivity contribution is 5.63. The molecular formula is C13H15N5O2. The van der Waals surface area contributed by atoms with E-state index in [0.717, 1.165) is 0 Å². The van der Waals surface area contributed by atoms with Crippen LogP contribution in [0.25, 0.3) is 5.65 Å². The summed E-state index contributed by atoms with van der Waals surface area (Å²) in [5, 5.41) is 20.2. The first-order valence-corrected chi connectivity index (χ1v) is 6.34. The van der Waals surface area contributed by atoms with E-state index in [0.29, 0.717) is 24.6 Å². The van der Waals surface area contributed by atoms with Crippen LogP contribution in [0.2, 0.25) is 0 Å². The number of fused-ring (bicyclic) bond motifs is 1. The molecule has 0 saturated carbocycles. The second-order valence-corrected chi connectivity index (χ2v) is 4.51. The summed E-state index contributed by atoms with van der Waals surface area (Å²) in [4.78, 5) is 17.0. The minimum Gasteiger partial charge on any atom is -0.358 e. The van der Waals surface area contributed by atoms with Crippen LogP contribution in [0.15, 0.2) is 24.4 Å². The Morgan fingerprint density at radius 1 is 1.60 bits per heavy atom. The third-order valence-electron chi connectivity index (χ3n) is 3.06. The van der Waals surface area contributed by atoms with Gasteiger partial charge in [0.2, 0.25) is 11.5 Å².